The van der Waals surface area contributed by atoms with Crippen LogP contribution < -0.4 is 5.73 Å². The van der Waals surface area contributed by atoms with Gasteiger partial charge in [-0.05, 0) is 43.0 Å². The molecule has 0 saturated heterocycles. The van der Waals surface area contributed by atoms with E-state index in [-0.39, 0.29) is 0 Å². The summed E-state index contributed by atoms with van der Waals surface area (Å²) in [7, 11) is 0. The van der Waals surface area contributed by atoms with E-state index in [0.29, 0.717) is 40.6 Å². The number of hydrogen-bond donors (Lipinski definition) is 1. The zero-order chi connectivity index (χ0) is 15.2. The van der Waals surface area contributed by atoms with Crippen molar-refractivity contribution in [1.82, 2.24) is 10.1 Å². The number of nitrogens with zero attached hydrogens (tertiary/aromatic N) is 2. The third-order valence-corrected chi connectivity index (χ3v) is 4.11. The second kappa shape index (κ2) is 7.78. The summed E-state index contributed by atoms with van der Waals surface area (Å²) in [6.07, 6.45) is 3.39. The van der Waals surface area contributed by atoms with Crippen molar-refractivity contribution in [1.29, 1.82) is 0 Å². The summed E-state index contributed by atoms with van der Waals surface area (Å²) in [6.45, 7) is 2.90. The molecule has 0 fully saturated rings. The highest BCUT2D eigenvalue weighted by Gasteiger charge is 2.10. The predicted octanol–water partition coefficient (Wildman–Crippen LogP) is 3.88. The molecule has 1 unspecified atom stereocenters. The van der Waals surface area contributed by atoms with E-state index < -0.39 is 0 Å². The van der Waals surface area contributed by atoms with Gasteiger partial charge in [-0.25, -0.2) is 0 Å². The van der Waals surface area contributed by atoms with Crippen LogP contribution in [0.2, 0.25) is 10.0 Å². The standard InChI is InChI=1S/C15H19Cl2N3O/c1-10(6-7-18)2-5-15-19-14(20-21-15)9-11-3-4-12(16)13(17)8-11/h3-4,8,10H,2,5-7,9,18H2,1H3. The largest absolute Gasteiger partial charge is 0.339 e. The molecule has 1 heterocycles. The number of halogens is 2. The molecule has 2 aromatic rings. The summed E-state index contributed by atoms with van der Waals surface area (Å²) in [6, 6.07) is 5.51. The first-order valence-corrected chi connectivity index (χ1v) is 7.79. The van der Waals surface area contributed by atoms with Gasteiger partial charge in [0, 0.05) is 12.8 Å². The molecular weight excluding hydrogens is 309 g/mol. The minimum absolute atomic E-state index is 0.536. The lowest BCUT2D eigenvalue weighted by atomic mass is 10.0. The van der Waals surface area contributed by atoms with Crippen LogP contribution in [0.4, 0.5) is 0 Å². The average Bonchev–Trinajstić information content (AvgIpc) is 2.89. The van der Waals surface area contributed by atoms with Gasteiger partial charge in [0.1, 0.15) is 0 Å². The SMILES string of the molecule is CC(CCN)CCc1nc(Cc2ccc(Cl)c(Cl)c2)no1. The van der Waals surface area contributed by atoms with Crippen LogP contribution >= 0.6 is 23.2 Å². The Labute approximate surface area is 134 Å². The first-order chi connectivity index (χ1) is 10.1. The molecule has 0 radical (unpaired) electrons. The first-order valence-electron chi connectivity index (χ1n) is 7.04. The van der Waals surface area contributed by atoms with Gasteiger partial charge >= 0.3 is 0 Å². The van der Waals surface area contributed by atoms with E-state index in [9.17, 15) is 0 Å². The van der Waals surface area contributed by atoms with Gasteiger partial charge in [-0.1, -0.05) is 41.3 Å². The lowest BCUT2D eigenvalue weighted by molar-refractivity contribution is 0.359. The van der Waals surface area contributed by atoms with E-state index in [0.717, 1.165) is 24.8 Å². The monoisotopic (exact) mass is 327 g/mol. The molecule has 0 spiro atoms. The van der Waals surface area contributed by atoms with Crippen LogP contribution in [-0.2, 0) is 12.8 Å². The number of rotatable bonds is 7. The molecule has 1 aromatic carbocycles. The molecule has 4 nitrogen and oxygen atoms in total. The molecule has 1 atom stereocenters. The molecular formula is C15H19Cl2N3O. The average molecular weight is 328 g/mol. The number of hydrogen-bond acceptors (Lipinski definition) is 4. The fraction of sp³-hybridized carbons (Fsp3) is 0.467. The summed E-state index contributed by atoms with van der Waals surface area (Å²) in [5, 5.41) is 5.08. The Morgan fingerprint density at radius 2 is 2.05 bits per heavy atom. The molecule has 0 saturated carbocycles. The Morgan fingerprint density at radius 1 is 1.24 bits per heavy atom. The Balaban J connectivity index is 1.92. The Hall–Kier alpha value is -1.10. The molecule has 21 heavy (non-hydrogen) atoms. The highest BCUT2D eigenvalue weighted by atomic mass is 35.5. The van der Waals surface area contributed by atoms with Crippen LogP contribution in [0.3, 0.4) is 0 Å². The summed E-state index contributed by atoms with van der Waals surface area (Å²) in [4.78, 5) is 4.40. The van der Waals surface area contributed by atoms with Crippen LogP contribution in [-0.4, -0.2) is 16.7 Å². The highest BCUT2D eigenvalue weighted by Crippen LogP contribution is 2.23. The van der Waals surface area contributed by atoms with E-state index in [4.69, 9.17) is 33.5 Å². The van der Waals surface area contributed by atoms with Gasteiger partial charge in [-0.2, -0.15) is 4.98 Å². The smallest absolute Gasteiger partial charge is 0.226 e. The maximum Gasteiger partial charge on any atom is 0.226 e. The minimum Gasteiger partial charge on any atom is -0.339 e. The molecule has 6 heteroatoms. The molecule has 1 aromatic heterocycles. The van der Waals surface area contributed by atoms with Gasteiger partial charge in [0.05, 0.1) is 10.0 Å². The van der Waals surface area contributed by atoms with Crippen LogP contribution in [0.5, 0.6) is 0 Å². The van der Waals surface area contributed by atoms with Gasteiger partial charge in [-0.3, -0.25) is 0 Å². The van der Waals surface area contributed by atoms with Crippen molar-refractivity contribution >= 4 is 23.2 Å². The Kier molecular flexibility index (Phi) is 6.03. The van der Waals surface area contributed by atoms with Crippen molar-refractivity contribution in [2.24, 2.45) is 11.7 Å². The topological polar surface area (TPSA) is 64.9 Å². The fourth-order valence-corrected chi connectivity index (χ4v) is 2.42. The summed E-state index contributed by atoms with van der Waals surface area (Å²) in [5.74, 6) is 1.91. The third-order valence-electron chi connectivity index (χ3n) is 3.37. The van der Waals surface area contributed by atoms with Gasteiger partial charge in [0.2, 0.25) is 5.89 Å². The molecule has 0 bridgehead atoms. The van der Waals surface area contributed by atoms with Crippen LogP contribution in [0.25, 0.3) is 0 Å². The van der Waals surface area contributed by atoms with Crippen molar-refractivity contribution < 1.29 is 4.52 Å². The van der Waals surface area contributed by atoms with Gasteiger partial charge in [0.25, 0.3) is 0 Å². The normalized spacial score (nSPS) is 12.6. The van der Waals surface area contributed by atoms with Crippen LogP contribution in [0, 0.1) is 5.92 Å². The molecule has 0 aliphatic heterocycles. The fourth-order valence-electron chi connectivity index (χ4n) is 2.09. The van der Waals surface area contributed by atoms with Gasteiger partial charge in [0.15, 0.2) is 5.82 Å². The van der Waals surface area contributed by atoms with Gasteiger partial charge in [-0.15, -0.1) is 0 Å². The van der Waals surface area contributed by atoms with E-state index in [1.165, 1.54) is 0 Å². The molecule has 2 N–H and O–H groups in total. The van der Waals surface area contributed by atoms with E-state index in [1.54, 1.807) is 6.07 Å². The number of aromatic nitrogens is 2. The van der Waals surface area contributed by atoms with E-state index in [2.05, 4.69) is 17.1 Å². The minimum atomic E-state index is 0.536. The lowest BCUT2D eigenvalue weighted by Gasteiger charge is -2.06. The summed E-state index contributed by atoms with van der Waals surface area (Å²) >= 11 is 11.9. The second-order valence-electron chi connectivity index (χ2n) is 5.25. The third kappa shape index (κ3) is 4.99. The zero-order valence-electron chi connectivity index (χ0n) is 12.0. The van der Waals surface area contributed by atoms with Crippen molar-refractivity contribution in [3.05, 3.63) is 45.5 Å². The number of nitrogens with two attached hydrogens (primary N) is 1. The van der Waals surface area contributed by atoms with Gasteiger partial charge < -0.3 is 10.3 Å². The number of aryl methyl sites for hydroxylation is 1. The van der Waals surface area contributed by atoms with E-state index >= 15 is 0 Å². The second-order valence-corrected chi connectivity index (χ2v) is 6.07. The van der Waals surface area contributed by atoms with Crippen molar-refractivity contribution in [2.45, 2.75) is 32.6 Å². The quantitative estimate of drug-likeness (QED) is 0.837. The maximum absolute atomic E-state index is 5.99. The number of benzene rings is 1. The Bertz CT molecular complexity index is 586. The summed E-state index contributed by atoms with van der Waals surface area (Å²) in [5.41, 5.74) is 6.55. The highest BCUT2D eigenvalue weighted by molar-refractivity contribution is 6.42. The van der Waals surface area contributed by atoms with E-state index in [1.807, 2.05) is 12.1 Å². The van der Waals surface area contributed by atoms with Crippen LogP contribution in [0.15, 0.2) is 22.7 Å². The van der Waals surface area contributed by atoms with Crippen molar-refractivity contribution in [3.8, 4) is 0 Å². The molecule has 0 aliphatic rings. The molecule has 2 rings (SSSR count). The first kappa shape index (κ1) is 16.3. The molecule has 0 amide bonds. The van der Waals surface area contributed by atoms with Crippen LogP contribution in [0.1, 0.15) is 37.0 Å². The van der Waals surface area contributed by atoms with Crippen molar-refractivity contribution in [2.75, 3.05) is 6.54 Å². The maximum atomic E-state index is 5.99. The summed E-state index contributed by atoms with van der Waals surface area (Å²) < 4.78 is 5.27. The predicted molar refractivity (Wildman–Crippen MR) is 84.7 cm³/mol. The lowest BCUT2D eigenvalue weighted by Crippen LogP contribution is -2.06. The molecule has 0 aliphatic carbocycles. The molecule has 114 valence electrons. The zero-order valence-corrected chi connectivity index (χ0v) is 13.5. The van der Waals surface area contributed by atoms with Crippen molar-refractivity contribution in [3.63, 3.8) is 0 Å². The Morgan fingerprint density at radius 3 is 2.76 bits per heavy atom.